The molecule has 21 heterocycles. The van der Waals surface area contributed by atoms with E-state index in [4.69, 9.17) is 66.3 Å². The highest BCUT2D eigenvalue weighted by atomic mass is 79.9. The fraction of sp³-hybridized carbons (Fsp3) is 1.00. The molecule has 21 saturated heterocycles. The van der Waals surface area contributed by atoms with Gasteiger partial charge in [0.05, 0.1) is 45.7 Å². The number of aliphatic hydroxyl groups excluding tert-OH is 20. The topological polar surface area (TPSA) is 534 Å². The van der Waals surface area contributed by atoms with Gasteiger partial charge in [0.15, 0.2) is 44.0 Å². The van der Waals surface area contributed by atoms with Gasteiger partial charge in [-0.2, -0.15) is 0 Å². The third kappa shape index (κ3) is 12.2. The normalized spacial score (nSPS) is 55.4. The van der Waals surface area contributed by atoms with Crippen LogP contribution in [0.3, 0.4) is 0 Å². The third-order valence-corrected chi connectivity index (χ3v) is 15.4. The summed E-state index contributed by atoms with van der Waals surface area (Å²) in [5.41, 5.74) is 0. The smallest absolute Gasteiger partial charge is 0.187 e. The van der Waals surface area contributed by atoms with E-state index in [1.54, 1.807) is 0 Å². The van der Waals surface area contributed by atoms with Crippen LogP contribution in [0.5, 0.6) is 0 Å². The second-order valence-electron chi connectivity index (χ2n) is 19.6. The van der Waals surface area contributed by atoms with E-state index in [-0.39, 0.29) is 5.33 Å². The van der Waals surface area contributed by atoms with Gasteiger partial charge < -0.3 is 168 Å². The lowest BCUT2D eigenvalue weighted by atomic mass is 9.95. The standard InChI is InChI=1S/C42H69BrO34/c43-1-8-29-15(50)22(57)36(64-8)72-30-9(2-44)66-38(24(59)17(30)52)74-32-11(4-46)68-40(26(61)19(32)54)76-34-13(6-48)70-42(28(63)21(34)56)77-35-14(7-49)69-41(27(62)20(35)55)75-33-12(5-47)67-39(25(60)18(33)53)73-31-10(3-45)65-37(71-29)23(58)16(31)51/h8-42,44-63H,1-7H2/t8-,9-,10-,11-,12-,13-,14-,15-,16-,17-,18-,19-,20-,21-,22-,23-,24-,25-,26-,27-,28-,29-,30-,31-,32-,33-,34-,35-,36-,37-,38-,39-,40-,41-,42-/m1/s1. The largest absolute Gasteiger partial charge is 0.394 e. The molecule has 0 aromatic rings. The molecule has 0 aliphatic carbocycles. The van der Waals surface area contributed by atoms with Crippen LogP contribution in [-0.4, -0.2) is 362 Å². The molecule has 0 unspecified atom stereocenters. The van der Waals surface area contributed by atoms with Crippen molar-refractivity contribution in [3.63, 3.8) is 0 Å². The van der Waals surface area contributed by atoms with Crippen molar-refractivity contribution in [1.29, 1.82) is 0 Å². The maximum absolute atomic E-state index is 11.4. The highest BCUT2D eigenvalue weighted by Crippen LogP contribution is 2.39. The molecular formula is C42H69BrO34. The zero-order valence-electron chi connectivity index (χ0n) is 40.2. The molecule has 34 nitrogen and oxygen atoms in total. The molecule has 21 fully saturated rings. The van der Waals surface area contributed by atoms with Crippen LogP contribution < -0.4 is 0 Å². The molecule has 14 bridgehead atoms. The first-order chi connectivity index (χ1) is 36.7. The lowest BCUT2D eigenvalue weighted by molar-refractivity contribution is -0.396. The van der Waals surface area contributed by atoms with E-state index in [9.17, 15) is 102 Å². The van der Waals surface area contributed by atoms with Crippen molar-refractivity contribution in [3.8, 4) is 0 Å². The molecule has 0 aromatic carbocycles. The average Bonchev–Trinajstić information content (AvgIpc) is 3.45. The molecule has 0 aromatic heterocycles. The molecular weight excluding hydrogens is 1130 g/mol. The molecule has 0 radical (unpaired) electrons. The van der Waals surface area contributed by atoms with E-state index in [0.717, 1.165) is 0 Å². The minimum absolute atomic E-state index is 0.234. The van der Waals surface area contributed by atoms with Gasteiger partial charge in [-0.1, -0.05) is 15.9 Å². The number of alkyl halides is 1. The molecule has 21 rings (SSSR count). The van der Waals surface area contributed by atoms with Gasteiger partial charge in [0.2, 0.25) is 0 Å². The first-order valence-electron chi connectivity index (χ1n) is 24.6. The van der Waals surface area contributed by atoms with Crippen molar-refractivity contribution in [2.75, 3.05) is 45.0 Å². The Kier molecular flexibility index (Phi) is 21.3. The van der Waals surface area contributed by atoms with Crippen LogP contribution >= 0.6 is 15.9 Å². The molecule has 21 aliphatic heterocycles. The van der Waals surface area contributed by atoms with Crippen LogP contribution in [-0.2, 0) is 66.3 Å². The van der Waals surface area contributed by atoms with Gasteiger partial charge >= 0.3 is 0 Å². The van der Waals surface area contributed by atoms with Crippen LogP contribution in [0.15, 0.2) is 0 Å². The SMILES string of the molecule is OC[C@H]1O[C@@H]2O[C@H]3[C@H](O)[C@@H](O)[C@@H](O[C@H]4[C@H](O)[C@@H](O)[C@@H](O[C@H]5[C@H](O)[C@@H](O)[C@@H](O[C@H]6[C@H](O)[C@@H](O)[C@@H](O[C@H]7[C@H](O)[C@@H](O)[C@@H](O[C@H]8[C@H](O)[C@@H](O)[C@@H](O[C@H]1[C@H](O)[C@H]2O)O[C@@H]8CO)O[C@@H]7CO)O[C@@H]6CO)O[C@@H]5CBr)O[C@@H]4CO)O[C@@H]3CO. The summed E-state index contributed by atoms with van der Waals surface area (Å²) in [7, 11) is 0. The summed E-state index contributed by atoms with van der Waals surface area (Å²) >= 11 is 3.19. The first kappa shape index (κ1) is 62.2. The van der Waals surface area contributed by atoms with Gasteiger partial charge in [0, 0.05) is 5.33 Å². The zero-order valence-corrected chi connectivity index (χ0v) is 41.8. The molecule has 0 amide bonds. The van der Waals surface area contributed by atoms with E-state index in [1.807, 2.05) is 0 Å². The molecule has 35 heteroatoms. The van der Waals surface area contributed by atoms with Gasteiger partial charge in [0.1, 0.15) is 165 Å². The number of hydrogen-bond acceptors (Lipinski definition) is 34. The monoisotopic (exact) mass is 1200 g/mol. The number of rotatable bonds is 7. The van der Waals surface area contributed by atoms with Gasteiger partial charge in [-0.3, -0.25) is 0 Å². The van der Waals surface area contributed by atoms with Gasteiger partial charge in [-0.05, 0) is 0 Å². The van der Waals surface area contributed by atoms with E-state index in [2.05, 4.69) is 15.9 Å². The van der Waals surface area contributed by atoms with Crippen LogP contribution in [0.4, 0.5) is 0 Å². The van der Waals surface area contributed by atoms with E-state index in [1.165, 1.54) is 0 Å². The maximum atomic E-state index is 11.4. The minimum Gasteiger partial charge on any atom is -0.394 e. The van der Waals surface area contributed by atoms with Crippen molar-refractivity contribution >= 4 is 15.9 Å². The molecule has 20 N–H and O–H groups in total. The second-order valence-corrected chi connectivity index (χ2v) is 20.3. The third-order valence-electron chi connectivity index (χ3n) is 14.8. The van der Waals surface area contributed by atoms with Crippen LogP contribution in [0.2, 0.25) is 0 Å². The lowest BCUT2D eigenvalue weighted by Gasteiger charge is -2.50. The minimum atomic E-state index is -2.20. The Labute approximate surface area is 443 Å². The Hall–Kier alpha value is -0.880. The fourth-order valence-corrected chi connectivity index (χ4v) is 10.9. The molecule has 35 atom stereocenters. The van der Waals surface area contributed by atoms with Crippen molar-refractivity contribution in [2.24, 2.45) is 0 Å². The Morgan fingerprint density at radius 1 is 0.195 bits per heavy atom. The predicted octanol–water partition coefficient (Wildman–Crippen LogP) is -13.8. The van der Waals surface area contributed by atoms with Gasteiger partial charge in [-0.25, -0.2) is 0 Å². The van der Waals surface area contributed by atoms with Gasteiger partial charge in [-0.15, -0.1) is 0 Å². The quantitative estimate of drug-likeness (QED) is 0.105. The van der Waals surface area contributed by atoms with Crippen molar-refractivity contribution < 1.29 is 168 Å². The number of ether oxygens (including phenoxy) is 14. The average molecular weight is 1200 g/mol. The maximum Gasteiger partial charge on any atom is 0.187 e. The predicted molar refractivity (Wildman–Crippen MR) is 235 cm³/mol. The fourth-order valence-electron chi connectivity index (χ4n) is 10.4. The summed E-state index contributed by atoms with van der Waals surface area (Å²) < 4.78 is 80.1. The van der Waals surface area contributed by atoms with E-state index >= 15 is 0 Å². The molecule has 448 valence electrons. The van der Waals surface area contributed by atoms with Gasteiger partial charge in [0.25, 0.3) is 0 Å². The van der Waals surface area contributed by atoms with E-state index in [0.29, 0.717) is 0 Å². The Balaban J connectivity index is 1.08. The first-order valence-corrected chi connectivity index (χ1v) is 25.7. The summed E-state index contributed by atoms with van der Waals surface area (Å²) in [4.78, 5) is 0. The molecule has 21 aliphatic rings. The highest BCUT2D eigenvalue weighted by Gasteiger charge is 2.59. The van der Waals surface area contributed by atoms with E-state index < -0.39 is 255 Å². The van der Waals surface area contributed by atoms with Crippen LogP contribution in [0.25, 0.3) is 0 Å². The number of halogens is 1. The molecule has 0 saturated carbocycles. The van der Waals surface area contributed by atoms with Crippen LogP contribution in [0, 0.1) is 0 Å². The molecule has 77 heavy (non-hydrogen) atoms. The van der Waals surface area contributed by atoms with Crippen LogP contribution in [0.1, 0.15) is 0 Å². The van der Waals surface area contributed by atoms with Crippen molar-refractivity contribution in [3.05, 3.63) is 0 Å². The summed E-state index contributed by atoms with van der Waals surface area (Å²) in [6.07, 6.45) is -68.5. The number of hydrogen-bond donors (Lipinski definition) is 20. The highest BCUT2D eigenvalue weighted by molar-refractivity contribution is 9.09. The van der Waals surface area contributed by atoms with Crippen molar-refractivity contribution in [2.45, 2.75) is 215 Å². The summed E-state index contributed by atoms with van der Waals surface area (Å²) in [5.74, 6) is 0. The van der Waals surface area contributed by atoms with Crippen molar-refractivity contribution in [1.82, 2.24) is 0 Å². The molecule has 0 spiro atoms. The Morgan fingerprint density at radius 2 is 0.325 bits per heavy atom. The second kappa shape index (κ2) is 26.4. The lowest BCUT2D eigenvalue weighted by Crippen LogP contribution is -2.68. The summed E-state index contributed by atoms with van der Waals surface area (Å²) in [5, 5.41) is 220. The summed E-state index contributed by atoms with van der Waals surface area (Å²) in [6.45, 7) is -6.15. The summed E-state index contributed by atoms with van der Waals surface area (Å²) in [6, 6.07) is 0. The Bertz CT molecular complexity index is 1470. The number of aliphatic hydroxyl groups is 20. The zero-order chi connectivity index (χ0) is 56.1. The Morgan fingerprint density at radius 3 is 0.455 bits per heavy atom.